The summed E-state index contributed by atoms with van der Waals surface area (Å²) in [6, 6.07) is 12.6. The van der Waals surface area contributed by atoms with E-state index in [4.69, 9.17) is 4.74 Å². The SMILES string of the molecule is CC(C)Oc1ccc(C(C=O)C(Br)c2ccc(OC(F)(F)F)cc2)cc1. The summed E-state index contributed by atoms with van der Waals surface area (Å²) < 4.78 is 46.1. The lowest BCUT2D eigenvalue weighted by molar-refractivity contribution is -0.274. The Kier molecular flexibility index (Phi) is 6.69. The normalized spacial score (nSPS) is 14.0. The van der Waals surface area contributed by atoms with Crippen molar-refractivity contribution in [3.8, 4) is 11.5 Å². The van der Waals surface area contributed by atoms with Crippen molar-refractivity contribution in [1.82, 2.24) is 0 Å². The average Bonchev–Trinajstić information content (AvgIpc) is 2.55. The lowest BCUT2D eigenvalue weighted by Gasteiger charge is -2.19. The number of carbonyl (C=O) groups is 1. The fourth-order valence-corrected chi connectivity index (χ4v) is 3.15. The number of hydrogen-bond acceptors (Lipinski definition) is 3. The summed E-state index contributed by atoms with van der Waals surface area (Å²) in [5, 5.41) is 0. The van der Waals surface area contributed by atoms with Crippen molar-refractivity contribution in [2.24, 2.45) is 0 Å². The van der Waals surface area contributed by atoms with E-state index in [-0.39, 0.29) is 11.9 Å². The zero-order valence-electron chi connectivity index (χ0n) is 14.2. The Bertz CT molecular complexity index is 712. The average molecular weight is 431 g/mol. The first-order valence-electron chi connectivity index (χ1n) is 7.91. The van der Waals surface area contributed by atoms with Crippen LogP contribution in [0.3, 0.4) is 0 Å². The van der Waals surface area contributed by atoms with E-state index >= 15 is 0 Å². The van der Waals surface area contributed by atoms with E-state index in [2.05, 4.69) is 20.7 Å². The lowest BCUT2D eigenvalue weighted by Crippen LogP contribution is -2.17. The largest absolute Gasteiger partial charge is 0.573 e. The van der Waals surface area contributed by atoms with E-state index in [1.165, 1.54) is 24.3 Å². The molecule has 0 bridgehead atoms. The molecule has 3 nitrogen and oxygen atoms in total. The van der Waals surface area contributed by atoms with E-state index < -0.39 is 17.1 Å². The molecule has 0 amide bonds. The van der Waals surface area contributed by atoms with Crippen molar-refractivity contribution in [3.63, 3.8) is 0 Å². The summed E-state index contributed by atoms with van der Waals surface area (Å²) in [7, 11) is 0. The summed E-state index contributed by atoms with van der Waals surface area (Å²) in [6.45, 7) is 3.84. The van der Waals surface area contributed by atoms with Crippen LogP contribution in [0.2, 0.25) is 0 Å². The standard InChI is InChI=1S/C19H18BrF3O3/c1-12(2)25-15-7-3-13(4-8-15)17(11-24)18(20)14-5-9-16(10-6-14)26-19(21,22)23/h3-12,17-18H,1-2H3. The molecule has 0 fully saturated rings. The van der Waals surface area contributed by atoms with Gasteiger partial charge in [-0.15, -0.1) is 13.2 Å². The maximum Gasteiger partial charge on any atom is 0.573 e. The molecule has 2 rings (SSSR count). The van der Waals surface area contributed by atoms with Crippen LogP contribution in [0, 0.1) is 0 Å². The third-order valence-electron chi connectivity index (χ3n) is 3.53. The van der Waals surface area contributed by atoms with Gasteiger partial charge in [-0.3, -0.25) is 0 Å². The third kappa shape index (κ3) is 5.76. The van der Waals surface area contributed by atoms with Crippen LogP contribution in [-0.2, 0) is 4.79 Å². The number of hydrogen-bond donors (Lipinski definition) is 0. The van der Waals surface area contributed by atoms with E-state index in [0.29, 0.717) is 11.3 Å². The molecule has 0 aliphatic carbocycles. The Morgan fingerprint density at radius 1 is 0.923 bits per heavy atom. The van der Waals surface area contributed by atoms with Gasteiger partial charge in [-0.05, 0) is 49.2 Å². The molecule has 2 aromatic carbocycles. The van der Waals surface area contributed by atoms with Crippen LogP contribution < -0.4 is 9.47 Å². The van der Waals surface area contributed by atoms with Crippen LogP contribution in [0.25, 0.3) is 0 Å². The number of halogens is 4. The van der Waals surface area contributed by atoms with Crippen molar-refractivity contribution in [2.75, 3.05) is 0 Å². The molecule has 140 valence electrons. The molecule has 7 heteroatoms. The van der Waals surface area contributed by atoms with Crippen molar-refractivity contribution in [3.05, 3.63) is 59.7 Å². The number of rotatable bonds is 7. The Morgan fingerprint density at radius 3 is 1.88 bits per heavy atom. The van der Waals surface area contributed by atoms with E-state index in [1.807, 2.05) is 13.8 Å². The van der Waals surface area contributed by atoms with Gasteiger partial charge in [0.15, 0.2) is 0 Å². The minimum absolute atomic E-state index is 0.0454. The molecule has 0 aliphatic rings. The summed E-state index contributed by atoms with van der Waals surface area (Å²) in [5.74, 6) is -0.107. The Hall–Kier alpha value is -2.02. The van der Waals surface area contributed by atoms with E-state index in [9.17, 15) is 18.0 Å². The van der Waals surface area contributed by atoms with Gasteiger partial charge in [0, 0.05) is 0 Å². The Morgan fingerprint density at radius 2 is 1.42 bits per heavy atom. The fourth-order valence-electron chi connectivity index (χ4n) is 2.42. The monoisotopic (exact) mass is 430 g/mol. The summed E-state index contributed by atoms with van der Waals surface area (Å²) >= 11 is 3.47. The molecule has 0 saturated carbocycles. The molecule has 2 unspecified atom stereocenters. The smallest absolute Gasteiger partial charge is 0.491 e. The van der Waals surface area contributed by atoms with Gasteiger partial charge in [0.2, 0.25) is 0 Å². The van der Waals surface area contributed by atoms with Crippen molar-refractivity contribution in [1.29, 1.82) is 0 Å². The number of aldehydes is 1. The van der Waals surface area contributed by atoms with Crippen LogP contribution >= 0.6 is 15.9 Å². The minimum Gasteiger partial charge on any atom is -0.491 e. The second-order valence-corrected chi connectivity index (χ2v) is 6.90. The molecule has 26 heavy (non-hydrogen) atoms. The van der Waals surface area contributed by atoms with Crippen LogP contribution in [0.15, 0.2) is 48.5 Å². The first-order chi connectivity index (χ1) is 12.2. The predicted molar refractivity (Wildman–Crippen MR) is 95.8 cm³/mol. The molecule has 0 saturated heterocycles. The van der Waals surface area contributed by atoms with Crippen LogP contribution in [0.5, 0.6) is 11.5 Å². The zero-order chi connectivity index (χ0) is 19.3. The topological polar surface area (TPSA) is 35.5 Å². The molecular formula is C19H18BrF3O3. The number of carbonyl (C=O) groups excluding carboxylic acids is 1. The minimum atomic E-state index is -4.74. The summed E-state index contributed by atoms with van der Waals surface area (Å²) in [4.78, 5) is 11.2. The van der Waals surface area contributed by atoms with Gasteiger partial charge < -0.3 is 14.3 Å². The second-order valence-electron chi connectivity index (χ2n) is 5.92. The predicted octanol–water partition coefficient (Wildman–Crippen LogP) is 5.79. The molecule has 2 aromatic rings. The molecule has 0 radical (unpaired) electrons. The maximum atomic E-state index is 12.2. The molecule has 0 aromatic heterocycles. The third-order valence-corrected chi connectivity index (χ3v) is 4.63. The van der Waals surface area contributed by atoms with Gasteiger partial charge >= 0.3 is 6.36 Å². The van der Waals surface area contributed by atoms with Crippen molar-refractivity contribution < 1.29 is 27.4 Å². The van der Waals surface area contributed by atoms with Gasteiger partial charge in [-0.1, -0.05) is 40.2 Å². The van der Waals surface area contributed by atoms with Gasteiger partial charge in [0.25, 0.3) is 0 Å². The van der Waals surface area contributed by atoms with Crippen molar-refractivity contribution >= 4 is 22.2 Å². The van der Waals surface area contributed by atoms with Gasteiger partial charge in [-0.2, -0.15) is 0 Å². The van der Waals surface area contributed by atoms with E-state index in [0.717, 1.165) is 11.8 Å². The van der Waals surface area contributed by atoms with Crippen LogP contribution in [0.1, 0.15) is 35.7 Å². The zero-order valence-corrected chi connectivity index (χ0v) is 15.8. The lowest BCUT2D eigenvalue weighted by atomic mass is 9.93. The Balaban J connectivity index is 2.15. The Labute approximate surface area is 158 Å². The van der Waals surface area contributed by atoms with Crippen LogP contribution in [0.4, 0.5) is 13.2 Å². The molecule has 0 heterocycles. The van der Waals surface area contributed by atoms with Gasteiger partial charge in [0.1, 0.15) is 17.8 Å². The van der Waals surface area contributed by atoms with Gasteiger partial charge in [-0.25, -0.2) is 0 Å². The van der Waals surface area contributed by atoms with E-state index in [1.54, 1.807) is 24.3 Å². The first kappa shape index (κ1) is 20.3. The highest BCUT2D eigenvalue weighted by Gasteiger charge is 2.31. The number of ether oxygens (including phenoxy) is 2. The highest BCUT2D eigenvalue weighted by Crippen LogP contribution is 2.38. The highest BCUT2D eigenvalue weighted by atomic mass is 79.9. The van der Waals surface area contributed by atoms with Crippen molar-refractivity contribution in [2.45, 2.75) is 37.1 Å². The highest BCUT2D eigenvalue weighted by molar-refractivity contribution is 9.09. The fraction of sp³-hybridized carbons (Fsp3) is 0.316. The molecule has 2 atom stereocenters. The van der Waals surface area contributed by atoms with Crippen LogP contribution in [-0.4, -0.2) is 18.8 Å². The quantitative estimate of drug-likeness (QED) is 0.411. The molecule has 0 N–H and O–H groups in total. The molecule has 0 spiro atoms. The maximum absolute atomic E-state index is 12.2. The first-order valence-corrected chi connectivity index (χ1v) is 8.83. The number of benzene rings is 2. The summed E-state index contributed by atoms with van der Waals surface area (Å²) in [5.41, 5.74) is 1.44. The molecular weight excluding hydrogens is 413 g/mol. The van der Waals surface area contributed by atoms with Gasteiger partial charge in [0.05, 0.1) is 16.8 Å². The molecule has 0 aliphatic heterocycles. The number of alkyl halides is 4. The second kappa shape index (κ2) is 8.58. The summed E-state index contributed by atoms with van der Waals surface area (Å²) in [6.07, 6.45) is -3.89.